The van der Waals surface area contributed by atoms with Crippen LogP contribution in [0.15, 0.2) is 0 Å². The molecule has 0 bridgehead atoms. The molecule has 0 aromatic heterocycles. The van der Waals surface area contributed by atoms with Crippen LogP contribution in [0.3, 0.4) is 0 Å². The number of hydrogen-bond donors (Lipinski definition) is 2. The highest BCUT2D eigenvalue weighted by atomic mass is 19.4. The Morgan fingerprint density at radius 1 is 1.12 bits per heavy atom. The van der Waals surface area contributed by atoms with E-state index in [-0.39, 0.29) is 19.0 Å². The Labute approximate surface area is 145 Å². The number of carboxylic acids is 1. The third-order valence-electron chi connectivity index (χ3n) is 5.34. The van der Waals surface area contributed by atoms with Gasteiger partial charge in [-0.05, 0) is 18.8 Å². The Kier molecular flexibility index (Phi) is 7.10. The van der Waals surface area contributed by atoms with Gasteiger partial charge in [0.05, 0.1) is 18.4 Å². The molecule has 1 saturated carbocycles. The lowest BCUT2D eigenvalue weighted by atomic mass is 9.86. The summed E-state index contributed by atoms with van der Waals surface area (Å²) in [6.45, 7) is -0.334. The van der Waals surface area contributed by atoms with Crippen LogP contribution in [0.25, 0.3) is 0 Å². The van der Waals surface area contributed by atoms with Crippen molar-refractivity contribution in [2.24, 2.45) is 17.8 Å². The number of hydrogen-bond acceptors (Lipinski definition) is 3. The summed E-state index contributed by atoms with van der Waals surface area (Å²) in [4.78, 5) is 24.2. The van der Waals surface area contributed by atoms with Gasteiger partial charge in [0.1, 0.15) is 0 Å². The molecule has 1 aliphatic carbocycles. The van der Waals surface area contributed by atoms with Crippen LogP contribution in [0.4, 0.5) is 13.2 Å². The van der Waals surface area contributed by atoms with E-state index < -0.39 is 30.5 Å². The second kappa shape index (κ2) is 8.87. The van der Waals surface area contributed by atoms with Gasteiger partial charge in [-0.15, -0.1) is 0 Å². The molecule has 1 amide bonds. The number of aliphatic carboxylic acids is 1. The topological polar surface area (TPSA) is 69.6 Å². The van der Waals surface area contributed by atoms with Gasteiger partial charge in [0.25, 0.3) is 0 Å². The van der Waals surface area contributed by atoms with E-state index in [2.05, 4.69) is 5.32 Å². The smallest absolute Gasteiger partial charge is 0.393 e. The normalized spacial score (nSPS) is 25.9. The van der Waals surface area contributed by atoms with Crippen molar-refractivity contribution >= 4 is 11.9 Å². The van der Waals surface area contributed by atoms with E-state index in [0.29, 0.717) is 6.54 Å². The van der Waals surface area contributed by atoms with E-state index in [1.54, 1.807) is 0 Å². The summed E-state index contributed by atoms with van der Waals surface area (Å²) in [7, 11) is 0. The van der Waals surface area contributed by atoms with Gasteiger partial charge in [-0.2, -0.15) is 13.2 Å². The van der Waals surface area contributed by atoms with E-state index in [1.165, 1.54) is 37.0 Å². The molecule has 0 spiro atoms. The minimum absolute atomic E-state index is 0.181. The maximum atomic E-state index is 12.9. The number of carboxylic acid groups (broad SMARTS) is 1. The molecule has 8 heteroatoms. The lowest BCUT2D eigenvalue weighted by Gasteiger charge is -2.21. The van der Waals surface area contributed by atoms with Crippen LogP contribution in [-0.4, -0.2) is 54.2 Å². The second-order valence-electron chi connectivity index (χ2n) is 7.28. The fraction of sp³-hybridized carbons (Fsp3) is 0.882. The number of amides is 1. The molecule has 25 heavy (non-hydrogen) atoms. The van der Waals surface area contributed by atoms with Gasteiger partial charge in [-0.1, -0.05) is 32.1 Å². The first-order valence-corrected chi connectivity index (χ1v) is 9.06. The fourth-order valence-electron chi connectivity index (χ4n) is 3.95. The highest BCUT2D eigenvalue weighted by Gasteiger charge is 2.52. The van der Waals surface area contributed by atoms with E-state index >= 15 is 0 Å². The number of likely N-dealkylation sites (tertiary alicyclic amines) is 1. The first kappa shape index (κ1) is 20.0. The highest BCUT2D eigenvalue weighted by molar-refractivity contribution is 5.78. The van der Waals surface area contributed by atoms with Crippen molar-refractivity contribution in [2.45, 2.75) is 51.1 Å². The van der Waals surface area contributed by atoms with Crippen molar-refractivity contribution in [1.82, 2.24) is 10.2 Å². The van der Waals surface area contributed by atoms with E-state index in [0.717, 1.165) is 18.8 Å². The quantitative estimate of drug-likeness (QED) is 0.682. The number of nitrogens with one attached hydrogen (secondary N) is 1. The second-order valence-corrected chi connectivity index (χ2v) is 7.28. The maximum absolute atomic E-state index is 12.9. The van der Waals surface area contributed by atoms with Gasteiger partial charge in [-0.3, -0.25) is 14.5 Å². The van der Waals surface area contributed by atoms with Crippen LogP contribution < -0.4 is 5.32 Å². The lowest BCUT2D eigenvalue weighted by molar-refractivity contribution is -0.188. The van der Waals surface area contributed by atoms with Crippen molar-refractivity contribution in [3.05, 3.63) is 0 Å². The van der Waals surface area contributed by atoms with E-state index in [1.807, 2.05) is 0 Å². The minimum atomic E-state index is -4.56. The van der Waals surface area contributed by atoms with Gasteiger partial charge >= 0.3 is 12.1 Å². The molecule has 0 aromatic rings. The third-order valence-corrected chi connectivity index (χ3v) is 5.34. The van der Waals surface area contributed by atoms with Crippen LogP contribution >= 0.6 is 0 Å². The molecular formula is C17H27F3N2O3. The summed E-state index contributed by atoms with van der Waals surface area (Å²) in [5, 5.41) is 11.7. The summed E-state index contributed by atoms with van der Waals surface area (Å²) in [5.74, 6) is -4.48. The molecule has 1 aliphatic heterocycles. The van der Waals surface area contributed by atoms with E-state index in [9.17, 15) is 22.8 Å². The van der Waals surface area contributed by atoms with Gasteiger partial charge in [0.2, 0.25) is 5.91 Å². The molecule has 2 aliphatic rings. The predicted octanol–water partition coefficient (Wildman–Crippen LogP) is 2.66. The van der Waals surface area contributed by atoms with Crippen molar-refractivity contribution in [3.8, 4) is 0 Å². The minimum Gasteiger partial charge on any atom is -0.481 e. The number of rotatable bonds is 7. The Morgan fingerprint density at radius 2 is 1.80 bits per heavy atom. The van der Waals surface area contributed by atoms with Crippen LogP contribution in [-0.2, 0) is 9.59 Å². The zero-order chi connectivity index (χ0) is 18.4. The molecule has 1 saturated heterocycles. The standard InChI is InChI=1S/C17H27F3N2O3/c18-17(19,20)14-10-22(9-13(14)16(24)25)11-15(23)21-8-4-7-12-5-2-1-3-6-12/h12-14H,1-11H2,(H,21,23)(H,24,25)/t13-,14-/m1/s1. The SMILES string of the molecule is O=C(CN1C[C@@H](C(F)(F)F)[C@H](C(=O)O)C1)NCCCC1CCCCC1. The van der Waals surface area contributed by atoms with Crippen molar-refractivity contribution in [3.63, 3.8) is 0 Å². The first-order chi connectivity index (χ1) is 11.8. The Morgan fingerprint density at radius 3 is 2.36 bits per heavy atom. The number of carbonyl (C=O) groups is 2. The summed E-state index contributed by atoms with van der Waals surface area (Å²) in [5.41, 5.74) is 0. The largest absolute Gasteiger partial charge is 0.481 e. The fourth-order valence-corrected chi connectivity index (χ4v) is 3.95. The van der Waals surface area contributed by atoms with Crippen LogP contribution in [0.2, 0.25) is 0 Å². The van der Waals surface area contributed by atoms with E-state index in [4.69, 9.17) is 5.11 Å². The summed E-state index contributed by atoms with van der Waals surface area (Å²) < 4.78 is 38.7. The molecule has 0 aromatic carbocycles. The molecule has 0 radical (unpaired) electrons. The van der Waals surface area contributed by atoms with Gasteiger partial charge in [-0.25, -0.2) is 0 Å². The lowest BCUT2D eigenvalue weighted by Crippen LogP contribution is -2.37. The Bertz CT molecular complexity index is 465. The zero-order valence-electron chi connectivity index (χ0n) is 14.4. The van der Waals surface area contributed by atoms with Crippen molar-refractivity contribution < 1.29 is 27.9 Å². The average Bonchev–Trinajstić information content (AvgIpc) is 2.97. The summed E-state index contributed by atoms with van der Waals surface area (Å²) in [6, 6.07) is 0. The Hall–Kier alpha value is -1.31. The van der Waals surface area contributed by atoms with Crippen LogP contribution in [0.1, 0.15) is 44.9 Å². The number of nitrogens with zero attached hydrogens (tertiary/aromatic N) is 1. The third kappa shape index (κ3) is 6.17. The van der Waals surface area contributed by atoms with Gasteiger partial charge in [0.15, 0.2) is 0 Å². The first-order valence-electron chi connectivity index (χ1n) is 9.06. The summed E-state index contributed by atoms with van der Waals surface area (Å²) >= 11 is 0. The average molecular weight is 364 g/mol. The van der Waals surface area contributed by atoms with Gasteiger partial charge in [0, 0.05) is 19.6 Å². The molecule has 144 valence electrons. The Balaban J connectivity index is 1.68. The number of alkyl halides is 3. The molecule has 5 nitrogen and oxygen atoms in total. The predicted molar refractivity (Wildman–Crippen MR) is 85.9 cm³/mol. The maximum Gasteiger partial charge on any atom is 0.393 e. The zero-order valence-corrected chi connectivity index (χ0v) is 14.4. The van der Waals surface area contributed by atoms with Crippen LogP contribution in [0.5, 0.6) is 0 Å². The summed E-state index contributed by atoms with van der Waals surface area (Å²) in [6.07, 6.45) is 3.73. The number of halogens is 3. The molecule has 0 unspecified atom stereocenters. The van der Waals surface area contributed by atoms with Gasteiger partial charge < -0.3 is 10.4 Å². The highest BCUT2D eigenvalue weighted by Crippen LogP contribution is 2.37. The molecule has 1 heterocycles. The molecule has 2 N–H and O–H groups in total. The van der Waals surface area contributed by atoms with Crippen LogP contribution in [0, 0.1) is 17.8 Å². The molecule has 2 rings (SSSR count). The number of carbonyl (C=O) groups excluding carboxylic acids is 1. The molecule has 2 atom stereocenters. The molecule has 2 fully saturated rings. The van der Waals surface area contributed by atoms with Crippen molar-refractivity contribution in [2.75, 3.05) is 26.2 Å². The van der Waals surface area contributed by atoms with Crippen molar-refractivity contribution in [1.29, 1.82) is 0 Å². The monoisotopic (exact) mass is 364 g/mol. The molecular weight excluding hydrogens is 337 g/mol.